The molecule has 0 amide bonds. The van der Waals surface area contributed by atoms with Crippen LogP contribution in [-0.2, 0) is 127 Å². The number of hydrogen-bond acceptors (Lipinski definition) is 6. The third-order valence-corrected chi connectivity index (χ3v) is 4.48. The summed E-state index contributed by atoms with van der Waals surface area (Å²) in [6.07, 6.45) is 13.1. The molecule has 1 saturated carbocycles. The van der Waals surface area contributed by atoms with E-state index in [1.54, 1.807) is 6.29 Å². The van der Waals surface area contributed by atoms with Gasteiger partial charge >= 0.3 is 0 Å². The second kappa shape index (κ2) is 20.7. The molecule has 2 aliphatic heterocycles. The summed E-state index contributed by atoms with van der Waals surface area (Å²) in [5, 5.41) is 0. The van der Waals surface area contributed by atoms with Gasteiger partial charge in [0.25, 0.3) is 0 Å². The van der Waals surface area contributed by atoms with E-state index in [1.165, 1.54) is 6.26 Å². The fourth-order valence-corrected chi connectivity index (χ4v) is 2.51. The third-order valence-electron chi connectivity index (χ3n) is 4.48. The van der Waals surface area contributed by atoms with Crippen molar-refractivity contribution < 1.29 is 127 Å². The van der Waals surface area contributed by atoms with E-state index in [9.17, 15) is 14.4 Å². The molecule has 28 heavy (non-hydrogen) atoms. The fourth-order valence-electron chi connectivity index (χ4n) is 2.51. The number of unbranched alkanes of at least 4 members (excludes halogenated alkanes) is 1. The Morgan fingerprint density at radius 3 is 2.18 bits per heavy atom. The monoisotopic (exact) mass is 618 g/mol. The molecule has 0 N–H and O–H groups in total. The summed E-state index contributed by atoms with van der Waals surface area (Å²) in [5.74, 6) is 0.175. The smallest absolute Gasteiger partial charge is 0.0850 e. The van der Waals surface area contributed by atoms with Crippen LogP contribution in [0, 0.1) is 11.3 Å². The van der Waals surface area contributed by atoms with Crippen LogP contribution in [0.5, 0.6) is 0 Å². The summed E-state index contributed by atoms with van der Waals surface area (Å²) in [5.41, 5.74) is -0.222. The van der Waals surface area contributed by atoms with Gasteiger partial charge < -0.3 is 28.6 Å². The number of fused-ring (bicyclic) bond motifs is 1. The quantitative estimate of drug-likeness (QED) is 0.180. The SMILES string of the molecule is C=COCCC[C-]=O.CCC1([C-]=O)COC1.O=[C-]C1CCC2OC2C1.[Y].[Y].[Y]. The molecule has 9 heteroatoms. The van der Waals surface area contributed by atoms with Gasteiger partial charge in [0.15, 0.2) is 0 Å². The van der Waals surface area contributed by atoms with E-state index in [-0.39, 0.29) is 109 Å². The second-order valence-corrected chi connectivity index (χ2v) is 6.35. The molecule has 0 aromatic heterocycles. The van der Waals surface area contributed by atoms with Gasteiger partial charge in [0.2, 0.25) is 0 Å². The van der Waals surface area contributed by atoms with Crippen LogP contribution in [0.1, 0.15) is 45.4 Å². The summed E-state index contributed by atoms with van der Waals surface area (Å²) in [6, 6.07) is 0. The number of carbonyl (C=O) groups excluding carboxylic acids is 3. The van der Waals surface area contributed by atoms with Crippen LogP contribution < -0.4 is 0 Å². The first-order valence-corrected chi connectivity index (χ1v) is 8.72. The number of epoxide rings is 1. The molecule has 1 aliphatic carbocycles. The summed E-state index contributed by atoms with van der Waals surface area (Å²) >= 11 is 0. The van der Waals surface area contributed by atoms with Crippen LogP contribution in [0.25, 0.3) is 0 Å². The molecule has 3 unspecified atom stereocenters. The maximum atomic E-state index is 10.1. The van der Waals surface area contributed by atoms with Crippen molar-refractivity contribution in [1.82, 2.24) is 0 Å². The van der Waals surface area contributed by atoms with Gasteiger partial charge in [-0.25, -0.2) is 0 Å². The first-order chi connectivity index (χ1) is 12.1. The molecule has 151 valence electrons. The van der Waals surface area contributed by atoms with Gasteiger partial charge in [-0.05, 0) is 19.3 Å². The Kier molecular flexibility index (Phi) is 25.4. The molecule has 0 bridgehead atoms. The minimum absolute atomic E-state index is 0. The summed E-state index contributed by atoms with van der Waals surface area (Å²) < 4.78 is 14.8. The molecule has 0 aromatic carbocycles. The third kappa shape index (κ3) is 14.0. The molecule has 0 spiro atoms. The minimum atomic E-state index is -0.222. The molecule has 3 radical (unpaired) electrons. The summed E-state index contributed by atoms with van der Waals surface area (Å²) in [6.45, 7) is 7.04. The summed E-state index contributed by atoms with van der Waals surface area (Å²) in [7, 11) is 0. The predicted molar refractivity (Wildman–Crippen MR) is 92.0 cm³/mol. The maximum absolute atomic E-state index is 10.1. The molecule has 3 atom stereocenters. The van der Waals surface area contributed by atoms with Crippen molar-refractivity contribution in [2.45, 2.75) is 57.7 Å². The van der Waals surface area contributed by atoms with Gasteiger partial charge in [-0.15, -0.1) is 12.3 Å². The Balaban J connectivity index is -0.000000319. The Bertz CT molecular complexity index is 416. The van der Waals surface area contributed by atoms with Gasteiger partial charge in [0, 0.05) is 111 Å². The van der Waals surface area contributed by atoms with Gasteiger partial charge in [-0.1, -0.05) is 31.8 Å². The van der Waals surface area contributed by atoms with Crippen molar-refractivity contribution >= 4 is 18.9 Å². The topological polar surface area (TPSA) is 82.2 Å². The largest absolute Gasteiger partial charge is 0.542 e. The fraction of sp³-hybridized carbons (Fsp3) is 0.737. The second-order valence-electron chi connectivity index (χ2n) is 6.35. The predicted octanol–water partition coefficient (Wildman–Crippen LogP) is 2.22. The Morgan fingerprint density at radius 1 is 1.14 bits per heavy atom. The maximum Gasteiger partial charge on any atom is 0.0850 e. The first-order valence-electron chi connectivity index (χ1n) is 8.72. The number of ether oxygens (including phenoxy) is 3. The van der Waals surface area contributed by atoms with Crippen LogP contribution >= 0.6 is 0 Å². The van der Waals surface area contributed by atoms with Gasteiger partial charge in [0.1, 0.15) is 0 Å². The molecule has 2 saturated heterocycles. The van der Waals surface area contributed by atoms with E-state index in [1.807, 2.05) is 19.5 Å². The van der Waals surface area contributed by atoms with E-state index in [0.29, 0.717) is 38.4 Å². The average molecular weight is 618 g/mol. The van der Waals surface area contributed by atoms with Crippen LogP contribution in [0.4, 0.5) is 0 Å². The van der Waals surface area contributed by atoms with Crippen molar-refractivity contribution in [2.24, 2.45) is 11.3 Å². The van der Waals surface area contributed by atoms with Crippen molar-refractivity contribution in [3.05, 3.63) is 12.8 Å². The molecule has 3 fully saturated rings. The van der Waals surface area contributed by atoms with Crippen molar-refractivity contribution in [3.63, 3.8) is 0 Å². The van der Waals surface area contributed by atoms with E-state index in [0.717, 1.165) is 32.1 Å². The Labute approximate surface area is 244 Å². The zero-order valence-electron chi connectivity index (χ0n) is 16.6. The minimum Gasteiger partial charge on any atom is -0.542 e. The van der Waals surface area contributed by atoms with Gasteiger partial charge in [-0.2, -0.15) is 0 Å². The van der Waals surface area contributed by atoms with Crippen LogP contribution in [-0.4, -0.2) is 50.9 Å². The number of rotatable bonds is 8. The molecular formula is C19H27O6Y3-3. The molecular weight excluding hydrogens is 591 g/mol. The zero-order chi connectivity index (χ0) is 18.5. The van der Waals surface area contributed by atoms with Crippen molar-refractivity contribution in [2.75, 3.05) is 19.8 Å². The van der Waals surface area contributed by atoms with E-state index >= 15 is 0 Å². The molecule has 0 aromatic rings. The average Bonchev–Trinajstić information content (AvgIpc) is 3.39. The van der Waals surface area contributed by atoms with Crippen LogP contribution in [0.3, 0.4) is 0 Å². The van der Waals surface area contributed by atoms with Crippen LogP contribution in [0.2, 0.25) is 0 Å². The van der Waals surface area contributed by atoms with Crippen LogP contribution in [0.15, 0.2) is 12.8 Å². The molecule has 6 nitrogen and oxygen atoms in total. The standard InChI is InChI=1S/C7H9O2.2C6H9O2.3Y/c8-4-5-1-2-6-7(3-5)9-6;1-2-6(3-7)4-8-5-6;1-2-8-6-4-3-5-7;;;/h5-7H,1-3H2;2,4-5H2,1H3;2H,1,3-4,6H2;;;/q3*-1;;;. The number of hydrogen-bond donors (Lipinski definition) is 0. The van der Waals surface area contributed by atoms with Gasteiger partial charge in [0.05, 0.1) is 25.1 Å². The Morgan fingerprint density at radius 2 is 1.82 bits per heavy atom. The van der Waals surface area contributed by atoms with Crippen molar-refractivity contribution in [1.29, 1.82) is 0 Å². The summed E-state index contributed by atoms with van der Waals surface area (Å²) in [4.78, 5) is 29.8. The first kappa shape index (κ1) is 34.4. The van der Waals surface area contributed by atoms with E-state index < -0.39 is 0 Å². The molecule has 3 aliphatic rings. The van der Waals surface area contributed by atoms with Gasteiger partial charge in [-0.3, -0.25) is 18.9 Å². The molecule has 3 rings (SSSR count). The Hall–Kier alpha value is 1.78. The van der Waals surface area contributed by atoms with E-state index in [4.69, 9.17) is 14.2 Å². The molecule has 2 heterocycles. The zero-order valence-corrected chi connectivity index (χ0v) is 25.1. The van der Waals surface area contributed by atoms with Crippen molar-refractivity contribution in [3.8, 4) is 0 Å². The van der Waals surface area contributed by atoms with E-state index in [2.05, 4.69) is 6.58 Å². The normalized spacial score (nSPS) is 24.5.